The predicted octanol–water partition coefficient (Wildman–Crippen LogP) is 1.92. The summed E-state index contributed by atoms with van der Waals surface area (Å²) in [4.78, 5) is 12.0. The lowest BCUT2D eigenvalue weighted by atomic mass is 10.2. The molecule has 106 valence electrons. The second-order valence-electron chi connectivity index (χ2n) is 4.74. The van der Waals surface area contributed by atoms with Gasteiger partial charge in [0.1, 0.15) is 0 Å². The average molecular weight is 281 g/mol. The van der Waals surface area contributed by atoms with E-state index in [1.807, 2.05) is 36.5 Å². The van der Waals surface area contributed by atoms with Gasteiger partial charge in [-0.3, -0.25) is 14.2 Å². The van der Waals surface area contributed by atoms with Gasteiger partial charge in [-0.1, -0.05) is 30.3 Å². The Morgan fingerprint density at radius 2 is 2.05 bits per heavy atom. The van der Waals surface area contributed by atoms with E-state index in [1.165, 1.54) is 6.20 Å². The van der Waals surface area contributed by atoms with Gasteiger partial charge in [0.2, 0.25) is 0 Å². The van der Waals surface area contributed by atoms with Crippen molar-refractivity contribution in [3.05, 3.63) is 66.1 Å². The lowest BCUT2D eigenvalue weighted by Crippen LogP contribution is -2.12. The maximum Gasteiger partial charge on any atom is 0.260 e. The monoisotopic (exact) mass is 281 g/mol. The normalized spacial score (nSPS) is 10.5. The smallest absolute Gasteiger partial charge is 0.260 e. The van der Waals surface area contributed by atoms with E-state index in [4.69, 9.17) is 0 Å². The van der Waals surface area contributed by atoms with E-state index < -0.39 is 0 Å². The third kappa shape index (κ3) is 3.17. The minimum Gasteiger partial charge on any atom is -0.305 e. The first-order chi connectivity index (χ1) is 10.2. The van der Waals surface area contributed by atoms with Gasteiger partial charge in [0.05, 0.1) is 18.3 Å². The number of aromatic nitrogens is 4. The summed E-state index contributed by atoms with van der Waals surface area (Å²) in [6, 6.07) is 11.8. The highest BCUT2D eigenvalue weighted by molar-refractivity contribution is 6.03. The molecule has 0 aliphatic carbocycles. The molecule has 0 saturated heterocycles. The third-order valence-corrected chi connectivity index (χ3v) is 3.04. The van der Waals surface area contributed by atoms with E-state index in [0.29, 0.717) is 17.9 Å². The van der Waals surface area contributed by atoms with E-state index in [1.54, 1.807) is 28.7 Å². The first-order valence-electron chi connectivity index (χ1n) is 6.58. The molecular formula is C15H15N5O. The Hall–Kier alpha value is -2.89. The van der Waals surface area contributed by atoms with Crippen molar-refractivity contribution in [1.29, 1.82) is 0 Å². The van der Waals surface area contributed by atoms with Gasteiger partial charge in [0.15, 0.2) is 5.82 Å². The van der Waals surface area contributed by atoms with Crippen LogP contribution in [0.15, 0.2) is 55.0 Å². The maximum atomic E-state index is 12.0. The van der Waals surface area contributed by atoms with Crippen LogP contribution < -0.4 is 5.32 Å². The molecular weight excluding hydrogens is 266 g/mol. The molecule has 0 bridgehead atoms. The second kappa shape index (κ2) is 5.62. The SMILES string of the molecule is Cn1cc(C(=O)Nc2ccn(Cc3ccccc3)n2)cn1. The molecule has 3 rings (SSSR count). The van der Waals surface area contributed by atoms with Gasteiger partial charge in [-0.2, -0.15) is 10.2 Å². The Morgan fingerprint density at radius 1 is 1.24 bits per heavy atom. The van der Waals surface area contributed by atoms with Gasteiger partial charge in [0.25, 0.3) is 5.91 Å². The highest BCUT2D eigenvalue weighted by Gasteiger charge is 2.09. The van der Waals surface area contributed by atoms with Crippen LogP contribution in [-0.2, 0) is 13.6 Å². The first-order valence-corrected chi connectivity index (χ1v) is 6.58. The minimum absolute atomic E-state index is 0.215. The van der Waals surface area contributed by atoms with Crippen LogP contribution in [0.4, 0.5) is 5.82 Å². The van der Waals surface area contributed by atoms with Gasteiger partial charge in [-0.15, -0.1) is 0 Å². The zero-order chi connectivity index (χ0) is 14.7. The number of rotatable bonds is 4. The number of hydrogen-bond donors (Lipinski definition) is 1. The summed E-state index contributed by atoms with van der Waals surface area (Å²) in [6.07, 6.45) is 5.03. The van der Waals surface area contributed by atoms with Crippen LogP contribution in [0.2, 0.25) is 0 Å². The Balaban J connectivity index is 1.66. The molecule has 0 saturated carbocycles. The fraction of sp³-hybridized carbons (Fsp3) is 0.133. The zero-order valence-corrected chi connectivity index (χ0v) is 11.6. The first kappa shape index (κ1) is 13.1. The zero-order valence-electron chi connectivity index (χ0n) is 11.6. The molecule has 0 aliphatic rings. The van der Waals surface area contributed by atoms with Crippen LogP contribution >= 0.6 is 0 Å². The fourth-order valence-electron chi connectivity index (χ4n) is 2.01. The van der Waals surface area contributed by atoms with Crippen molar-refractivity contribution in [2.75, 3.05) is 5.32 Å². The topological polar surface area (TPSA) is 64.7 Å². The molecule has 1 N–H and O–H groups in total. The van der Waals surface area contributed by atoms with E-state index in [2.05, 4.69) is 15.5 Å². The number of benzene rings is 1. The Morgan fingerprint density at radius 3 is 2.76 bits per heavy atom. The minimum atomic E-state index is -0.215. The van der Waals surface area contributed by atoms with Crippen LogP contribution in [-0.4, -0.2) is 25.5 Å². The van der Waals surface area contributed by atoms with Crippen molar-refractivity contribution in [1.82, 2.24) is 19.6 Å². The highest BCUT2D eigenvalue weighted by Crippen LogP contribution is 2.08. The summed E-state index contributed by atoms with van der Waals surface area (Å²) in [7, 11) is 1.77. The van der Waals surface area contributed by atoms with Gasteiger partial charge in [-0.05, 0) is 5.56 Å². The van der Waals surface area contributed by atoms with E-state index in [9.17, 15) is 4.79 Å². The molecule has 1 amide bonds. The molecule has 6 heteroatoms. The van der Waals surface area contributed by atoms with E-state index in [-0.39, 0.29) is 5.91 Å². The van der Waals surface area contributed by atoms with Crippen LogP contribution in [0.5, 0.6) is 0 Å². The molecule has 1 aromatic carbocycles. The predicted molar refractivity (Wildman–Crippen MR) is 78.9 cm³/mol. The van der Waals surface area contributed by atoms with Gasteiger partial charge in [-0.25, -0.2) is 0 Å². The molecule has 2 aromatic heterocycles. The Bertz CT molecular complexity index is 744. The summed E-state index contributed by atoms with van der Waals surface area (Å²) in [5, 5.41) is 11.1. The fourth-order valence-corrected chi connectivity index (χ4v) is 2.01. The lowest BCUT2D eigenvalue weighted by Gasteiger charge is -2.02. The number of amides is 1. The van der Waals surface area contributed by atoms with Crippen molar-refractivity contribution in [2.24, 2.45) is 7.05 Å². The van der Waals surface area contributed by atoms with E-state index >= 15 is 0 Å². The van der Waals surface area contributed by atoms with E-state index in [0.717, 1.165) is 5.56 Å². The lowest BCUT2D eigenvalue weighted by molar-refractivity contribution is 0.102. The summed E-state index contributed by atoms with van der Waals surface area (Å²) in [5.74, 6) is 0.313. The van der Waals surface area contributed by atoms with Crippen molar-refractivity contribution >= 4 is 11.7 Å². The summed E-state index contributed by atoms with van der Waals surface area (Å²) < 4.78 is 3.37. The third-order valence-electron chi connectivity index (χ3n) is 3.04. The highest BCUT2D eigenvalue weighted by atomic mass is 16.1. The van der Waals surface area contributed by atoms with Crippen molar-refractivity contribution < 1.29 is 4.79 Å². The Kier molecular flexibility index (Phi) is 3.51. The largest absolute Gasteiger partial charge is 0.305 e. The van der Waals surface area contributed by atoms with Crippen molar-refractivity contribution in [3.8, 4) is 0 Å². The molecule has 21 heavy (non-hydrogen) atoms. The summed E-state index contributed by atoms with van der Waals surface area (Å²) in [5.41, 5.74) is 1.67. The molecule has 0 aliphatic heterocycles. The molecule has 0 atom stereocenters. The molecule has 0 unspecified atom stereocenters. The molecule has 2 heterocycles. The quantitative estimate of drug-likeness (QED) is 0.794. The Labute approximate surface area is 122 Å². The molecule has 0 radical (unpaired) electrons. The van der Waals surface area contributed by atoms with Gasteiger partial charge < -0.3 is 5.32 Å². The molecule has 6 nitrogen and oxygen atoms in total. The van der Waals surface area contributed by atoms with Crippen LogP contribution in [0, 0.1) is 0 Å². The summed E-state index contributed by atoms with van der Waals surface area (Å²) >= 11 is 0. The summed E-state index contributed by atoms with van der Waals surface area (Å²) in [6.45, 7) is 0.670. The van der Waals surface area contributed by atoms with Gasteiger partial charge >= 0.3 is 0 Å². The number of carbonyl (C=O) groups is 1. The number of carbonyl (C=O) groups excluding carboxylic acids is 1. The maximum absolute atomic E-state index is 12.0. The number of nitrogens with zero attached hydrogens (tertiary/aromatic N) is 4. The average Bonchev–Trinajstić information content (AvgIpc) is 3.09. The van der Waals surface area contributed by atoms with Crippen molar-refractivity contribution in [3.63, 3.8) is 0 Å². The second-order valence-corrected chi connectivity index (χ2v) is 4.74. The van der Waals surface area contributed by atoms with Crippen LogP contribution in [0.1, 0.15) is 15.9 Å². The number of aryl methyl sites for hydroxylation is 1. The standard InChI is InChI=1S/C15H15N5O/c1-19-11-13(9-16-19)15(21)17-14-7-8-20(18-14)10-12-5-3-2-4-6-12/h2-9,11H,10H2,1H3,(H,17,18,21). The number of nitrogens with one attached hydrogen (secondary N) is 1. The van der Waals surface area contributed by atoms with Crippen LogP contribution in [0.25, 0.3) is 0 Å². The molecule has 0 spiro atoms. The number of hydrogen-bond acceptors (Lipinski definition) is 3. The van der Waals surface area contributed by atoms with Crippen LogP contribution in [0.3, 0.4) is 0 Å². The molecule has 0 fully saturated rings. The van der Waals surface area contributed by atoms with Gasteiger partial charge in [0, 0.05) is 25.5 Å². The molecule has 3 aromatic rings. The van der Waals surface area contributed by atoms with Crippen molar-refractivity contribution in [2.45, 2.75) is 6.54 Å². The number of anilines is 1.